The normalized spacial score (nSPS) is 22.4. The molecular formula is C21H31FN2O5S. The van der Waals surface area contributed by atoms with E-state index in [1.165, 1.54) is 34.4 Å². The van der Waals surface area contributed by atoms with Gasteiger partial charge in [-0.3, -0.25) is 0 Å². The first-order chi connectivity index (χ1) is 14.1. The smallest absolute Gasteiger partial charge is 0.258 e. The molecule has 1 aromatic rings. The third-order valence-electron chi connectivity index (χ3n) is 4.84. The molecule has 1 aliphatic carbocycles. The maximum atomic E-state index is 14.5. The molecule has 0 saturated carbocycles. The summed E-state index contributed by atoms with van der Waals surface area (Å²) in [7, 11) is 2.10. The van der Waals surface area contributed by atoms with Crippen LogP contribution in [0.25, 0.3) is 0 Å². The van der Waals surface area contributed by atoms with Crippen LogP contribution in [0.4, 0.5) is 4.39 Å². The van der Waals surface area contributed by atoms with E-state index in [0.29, 0.717) is 25.3 Å². The number of allylic oxidation sites excluding steroid dienone is 2. The monoisotopic (exact) mass is 442 g/mol. The lowest BCUT2D eigenvalue weighted by Gasteiger charge is -2.29. The highest BCUT2D eigenvalue weighted by Gasteiger charge is 2.37. The van der Waals surface area contributed by atoms with E-state index in [-0.39, 0.29) is 10.9 Å². The highest BCUT2D eigenvalue weighted by atomic mass is 32.2. The van der Waals surface area contributed by atoms with Crippen LogP contribution >= 0.6 is 0 Å². The molecule has 1 aliphatic rings. The highest BCUT2D eigenvalue weighted by Crippen LogP contribution is 2.28. The number of alkyl halides is 1. The Balaban J connectivity index is 1.92. The number of benzene rings is 1. The van der Waals surface area contributed by atoms with Crippen LogP contribution < -0.4 is 10.1 Å². The minimum atomic E-state index is -3.62. The molecule has 0 fully saturated rings. The molecule has 30 heavy (non-hydrogen) atoms. The molecular weight excluding hydrogens is 411 g/mol. The van der Waals surface area contributed by atoms with Crippen molar-refractivity contribution in [1.29, 1.82) is 0 Å². The van der Waals surface area contributed by atoms with Crippen molar-refractivity contribution in [1.82, 2.24) is 9.62 Å². The van der Waals surface area contributed by atoms with Crippen molar-refractivity contribution >= 4 is 10.0 Å². The molecule has 1 aromatic carbocycles. The van der Waals surface area contributed by atoms with E-state index in [1.54, 1.807) is 30.4 Å². The van der Waals surface area contributed by atoms with E-state index in [4.69, 9.17) is 14.2 Å². The molecule has 0 bridgehead atoms. The molecule has 9 heteroatoms. The third-order valence-corrected chi connectivity index (χ3v) is 6.68. The molecule has 0 aromatic heterocycles. The van der Waals surface area contributed by atoms with E-state index < -0.39 is 22.0 Å². The molecule has 0 amide bonds. The van der Waals surface area contributed by atoms with Crippen molar-refractivity contribution in [2.75, 3.05) is 41.5 Å². The largest absolute Gasteiger partial charge is 0.495 e. The second-order valence-electron chi connectivity index (χ2n) is 7.27. The van der Waals surface area contributed by atoms with Gasteiger partial charge in [0.2, 0.25) is 10.0 Å². The minimum absolute atomic E-state index is 0.0521. The van der Waals surface area contributed by atoms with Gasteiger partial charge in [0.1, 0.15) is 16.7 Å². The lowest BCUT2D eigenvalue weighted by Crippen LogP contribution is -2.41. The molecule has 2 rings (SSSR count). The van der Waals surface area contributed by atoms with E-state index in [0.717, 1.165) is 9.87 Å². The fourth-order valence-electron chi connectivity index (χ4n) is 3.09. The fourth-order valence-corrected chi connectivity index (χ4v) is 4.19. The lowest BCUT2D eigenvalue weighted by atomic mass is 10.1. The van der Waals surface area contributed by atoms with E-state index >= 15 is 0 Å². The van der Waals surface area contributed by atoms with Crippen LogP contribution in [-0.4, -0.2) is 72.2 Å². The molecule has 7 nitrogen and oxygen atoms in total. The summed E-state index contributed by atoms with van der Waals surface area (Å²) >= 11 is 0. The Labute approximate surface area is 178 Å². The number of hydrogen-bond donors (Lipinski definition) is 1. The number of nitrogens with one attached hydrogen (secondary N) is 1. The third kappa shape index (κ3) is 5.89. The summed E-state index contributed by atoms with van der Waals surface area (Å²) < 4.78 is 56.5. The van der Waals surface area contributed by atoms with Gasteiger partial charge in [0, 0.05) is 33.8 Å². The second-order valence-corrected chi connectivity index (χ2v) is 9.39. The van der Waals surface area contributed by atoms with Gasteiger partial charge in [-0.15, -0.1) is 0 Å². The van der Waals surface area contributed by atoms with Crippen molar-refractivity contribution in [2.24, 2.45) is 0 Å². The van der Waals surface area contributed by atoms with Crippen LogP contribution in [-0.2, 0) is 25.9 Å². The second kappa shape index (κ2) is 10.5. The molecule has 3 atom stereocenters. The zero-order valence-corrected chi connectivity index (χ0v) is 18.9. The van der Waals surface area contributed by atoms with Gasteiger partial charge < -0.3 is 19.5 Å². The zero-order valence-electron chi connectivity index (χ0n) is 18.1. The van der Waals surface area contributed by atoms with E-state index in [9.17, 15) is 12.8 Å². The number of nitrogens with zero attached hydrogens (tertiary/aromatic N) is 1. The maximum absolute atomic E-state index is 14.5. The first-order valence-electron chi connectivity index (χ1n) is 9.68. The molecule has 0 aliphatic heterocycles. The molecule has 0 heterocycles. The number of methoxy groups -OCH3 is 2. The molecule has 168 valence electrons. The zero-order chi connectivity index (χ0) is 22.4. The summed E-state index contributed by atoms with van der Waals surface area (Å²) in [5, 5.41) is 3.30. The predicted molar refractivity (Wildman–Crippen MR) is 114 cm³/mol. The Morgan fingerprint density at radius 1 is 1.27 bits per heavy atom. The average Bonchev–Trinajstić information content (AvgIpc) is 2.72. The maximum Gasteiger partial charge on any atom is 0.258 e. The standard InChI is InChI=1S/C21H31FN2O5S/c1-16(23-12-13-29-20-8-6-7-11-21(20,22)28-5)14-17-9-10-18(27-4)19(15-17)30(25,26)24(2)3/h6-11,15-16,20,23H,12-14H2,1-5H3. The topological polar surface area (TPSA) is 77.1 Å². The SMILES string of the molecule is COc1ccc(CC(C)NCCOC2C=CC=CC2(F)OC)cc1S(=O)(=O)N(C)C. The molecule has 1 N–H and O–H groups in total. The first kappa shape index (κ1) is 24.5. The molecule has 0 spiro atoms. The summed E-state index contributed by atoms with van der Waals surface area (Å²) in [6, 6.07) is 5.20. The van der Waals surface area contributed by atoms with Crippen molar-refractivity contribution in [2.45, 2.75) is 36.2 Å². The predicted octanol–water partition coefficient (Wildman–Crippen LogP) is 2.29. The highest BCUT2D eigenvalue weighted by molar-refractivity contribution is 7.89. The van der Waals surface area contributed by atoms with Crippen molar-refractivity contribution in [3.8, 4) is 5.75 Å². The van der Waals surface area contributed by atoms with Gasteiger partial charge in [0.25, 0.3) is 5.85 Å². The Kier molecular flexibility index (Phi) is 8.57. The number of sulfonamides is 1. The molecule has 3 unspecified atom stereocenters. The quantitative estimate of drug-likeness (QED) is 0.530. The van der Waals surface area contributed by atoms with Crippen LogP contribution in [0.5, 0.6) is 5.75 Å². The van der Waals surface area contributed by atoms with Gasteiger partial charge in [-0.2, -0.15) is 0 Å². The van der Waals surface area contributed by atoms with Crippen molar-refractivity contribution in [3.05, 3.63) is 48.1 Å². The van der Waals surface area contributed by atoms with Gasteiger partial charge in [0.15, 0.2) is 0 Å². The van der Waals surface area contributed by atoms with Gasteiger partial charge in [-0.25, -0.2) is 17.1 Å². The average molecular weight is 443 g/mol. The molecule has 0 radical (unpaired) electrons. The fraction of sp³-hybridized carbons (Fsp3) is 0.524. The Bertz CT molecular complexity index is 872. The Morgan fingerprint density at radius 2 is 2.00 bits per heavy atom. The summed E-state index contributed by atoms with van der Waals surface area (Å²) in [4.78, 5) is 0.138. The minimum Gasteiger partial charge on any atom is -0.495 e. The van der Waals surface area contributed by atoms with Gasteiger partial charge in [-0.1, -0.05) is 18.2 Å². The van der Waals surface area contributed by atoms with Crippen LogP contribution in [0, 0.1) is 0 Å². The summed E-state index contributed by atoms with van der Waals surface area (Å²) in [6.45, 7) is 2.79. The van der Waals surface area contributed by atoms with Gasteiger partial charge >= 0.3 is 0 Å². The van der Waals surface area contributed by atoms with Crippen LogP contribution in [0.15, 0.2) is 47.4 Å². The van der Waals surface area contributed by atoms with Crippen molar-refractivity contribution in [3.63, 3.8) is 0 Å². The Morgan fingerprint density at radius 3 is 2.63 bits per heavy atom. The summed E-state index contributed by atoms with van der Waals surface area (Å²) in [5.41, 5.74) is 0.861. The summed E-state index contributed by atoms with van der Waals surface area (Å²) in [6.07, 6.45) is 6.07. The number of ether oxygens (including phenoxy) is 3. The van der Waals surface area contributed by atoms with Crippen LogP contribution in [0.1, 0.15) is 12.5 Å². The number of halogens is 1. The molecule has 0 saturated heterocycles. The van der Waals surface area contributed by atoms with Crippen LogP contribution in [0.2, 0.25) is 0 Å². The first-order valence-corrected chi connectivity index (χ1v) is 11.1. The number of rotatable bonds is 11. The van der Waals surface area contributed by atoms with Gasteiger partial charge in [0.05, 0.1) is 13.7 Å². The van der Waals surface area contributed by atoms with Gasteiger partial charge in [-0.05, 0) is 43.2 Å². The van der Waals surface area contributed by atoms with Crippen molar-refractivity contribution < 1.29 is 27.0 Å². The summed E-state index contributed by atoms with van der Waals surface area (Å²) in [5.74, 6) is -1.65. The Hall–Kier alpha value is -1.78. The van der Waals surface area contributed by atoms with Crippen LogP contribution in [0.3, 0.4) is 0 Å². The van der Waals surface area contributed by atoms with E-state index in [2.05, 4.69) is 5.32 Å². The van der Waals surface area contributed by atoms with E-state index in [1.807, 2.05) is 13.0 Å². The lowest BCUT2D eigenvalue weighted by molar-refractivity contribution is -0.158. The number of hydrogen-bond acceptors (Lipinski definition) is 6.